The lowest BCUT2D eigenvalue weighted by Crippen LogP contribution is -2.39. The summed E-state index contributed by atoms with van der Waals surface area (Å²) in [6.45, 7) is 0. The quantitative estimate of drug-likeness (QED) is 0.431. The Bertz CT molecular complexity index is 132. The van der Waals surface area contributed by atoms with E-state index in [1.54, 1.807) is 0 Å². The van der Waals surface area contributed by atoms with Gasteiger partial charge >= 0.3 is 5.97 Å². The van der Waals surface area contributed by atoms with Gasteiger partial charge in [0, 0.05) is 21.3 Å². The molecule has 0 rings (SSSR count). The summed E-state index contributed by atoms with van der Waals surface area (Å²) >= 11 is 0. The van der Waals surface area contributed by atoms with Crippen LogP contribution in [0, 0.1) is 0 Å². The Labute approximate surface area is 71.5 Å². The van der Waals surface area contributed by atoms with E-state index in [4.69, 9.17) is 14.2 Å². The molecule has 12 heavy (non-hydrogen) atoms. The minimum atomic E-state index is -0.843. The van der Waals surface area contributed by atoms with Gasteiger partial charge in [-0.15, -0.1) is 0 Å². The third-order valence-corrected chi connectivity index (χ3v) is 1.40. The molecular weight excluding hydrogens is 164 g/mol. The number of hydrogen-bond acceptors (Lipinski definition) is 5. The number of rotatable bonds is 5. The second-order valence-corrected chi connectivity index (χ2v) is 2.02. The fourth-order valence-corrected chi connectivity index (χ4v) is 0.778. The van der Waals surface area contributed by atoms with E-state index in [-0.39, 0.29) is 0 Å². The summed E-state index contributed by atoms with van der Waals surface area (Å²) in [5.41, 5.74) is 0. The molecule has 0 spiro atoms. The topological polar surface area (TPSA) is 54.0 Å². The predicted octanol–water partition coefficient (Wildman–Crippen LogP) is -0.207. The molecule has 0 bridgehead atoms. The third-order valence-electron chi connectivity index (χ3n) is 1.40. The number of ether oxygens (including phenoxy) is 4. The van der Waals surface area contributed by atoms with Crippen LogP contribution in [0.4, 0.5) is 0 Å². The number of carbonyl (C=O) groups is 1. The molecule has 0 saturated heterocycles. The standard InChI is InChI=1S/C7H14O5/c1-9-5(6(8)10-2)7(11-3)12-4/h5,7H,1-4H3. The van der Waals surface area contributed by atoms with E-state index < -0.39 is 18.4 Å². The first-order valence-corrected chi connectivity index (χ1v) is 3.37. The van der Waals surface area contributed by atoms with Crippen molar-refractivity contribution in [3.63, 3.8) is 0 Å². The third kappa shape index (κ3) is 2.77. The molecule has 5 heteroatoms. The molecule has 0 N–H and O–H groups in total. The molecular formula is C7H14O5. The highest BCUT2D eigenvalue weighted by Gasteiger charge is 2.28. The molecule has 0 aliphatic heterocycles. The lowest BCUT2D eigenvalue weighted by molar-refractivity contribution is -0.196. The first-order chi connectivity index (χ1) is 5.71. The van der Waals surface area contributed by atoms with Gasteiger partial charge < -0.3 is 18.9 Å². The fraction of sp³-hybridized carbons (Fsp3) is 0.857. The Kier molecular flexibility index (Phi) is 5.61. The number of carbonyl (C=O) groups excluding carboxylic acids is 1. The fourth-order valence-electron chi connectivity index (χ4n) is 0.778. The largest absolute Gasteiger partial charge is 0.467 e. The van der Waals surface area contributed by atoms with Crippen LogP contribution >= 0.6 is 0 Å². The van der Waals surface area contributed by atoms with E-state index in [0.29, 0.717) is 0 Å². The Hall–Kier alpha value is -0.650. The Morgan fingerprint density at radius 3 is 1.75 bits per heavy atom. The summed E-state index contributed by atoms with van der Waals surface area (Å²) < 4.78 is 18.9. The summed E-state index contributed by atoms with van der Waals surface area (Å²) in [7, 11) is 5.50. The van der Waals surface area contributed by atoms with Gasteiger partial charge in [-0.25, -0.2) is 4.79 Å². The summed E-state index contributed by atoms with van der Waals surface area (Å²) in [5.74, 6) is -0.522. The molecule has 0 radical (unpaired) electrons. The second kappa shape index (κ2) is 5.93. The normalized spacial score (nSPS) is 13.1. The van der Waals surface area contributed by atoms with Gasteiger partial charge in [-0.3, -0.25) is 0 Å². The van der Waals surface area contributed by atoms with Crippen molar-refractivity contribution in [3.8, 4) is 0 Å². The smallest absolute Gasteiger partial charge is 0.340 e. The minimum Gasteiger partial charge on any atom is -0.467 e. The van der Waals surface area contributed by atoms with Crippen molar-refractivity contribution in [2.75, 3.05) is 28.4 Å². The highest BCUT2D eigenvalue weighted by Crippen LogP contribution is 2.04. The highest BCUT2D eigenvalue weighted by atomic mass is 16.7. The van der Waals surface area contributed by atoms with Crippen molar-refractivity contribution in [2.24, 2.45) is 0 Å². The van der Waals surface area contributed by atoms with Crippen LogP contribution in [0.15, 0.2) is 0 Å². The van der Waals surface area contributed by atoms with E-state index in [1.807, 2.05) is 0 Å². The average molecular weight is 178 g/mol. The van der Waals surface area contributed by atoms with E-state index in [0.717, 1.165) is 0 Å². The van der Waals surface area contributed by atoms with Crippen LogP contribution in [-0.2, 0) is 23.7 Å². The molecule has 0 heterocycles. The molecule has 0 amide bonds. The molecule has 0 fully saturated rings. The Morgan fingerprint density at radius 2 is 1.50 bits per heavy atom. The zero-order valence-electron chi connectivity index (χ0n) is 7.70. The first kappa shape index (κ1) is 11.4. The van der Waals surface area contributed by atoms with Crippen molar-refractivity contribution in [1.29, 1.82) is 0 Å². The summed E-state index contributed by atoms with van der Waals surface area (Å²) in [4.78, 5) is 11.0. The summed E-state index contributed by atoms with van der Waals surface area (Å²) in [6.07, 6.45) is -1.58. The van der Waals surface area contributed by atoms with Crippen LogP contribution in [-0.4, -0.2) is 46.8 Å². The molecule has 0 aliphatic carbocycles. The van der Waals surface area contributed by atoms with Crippen LogP contribution in [0.25, 0.3) is 0 Å². The molecule has 0 aromatic rings. The van der Waals surface area contributed by atoms with Gasteiger partial charge in [-0.05, 0) is 0 Å². The molecule has 5 nitrogen and oxygen atoms in total. The first-order valence-electron chi connectivity index (χ1n) is 3.37. The van der Waals surface area contributed by atoms with E-state index in [9.17, 15) is 4.79 Å². The zero-order valence-corrected chi connectivity index (χ0v) is 7.70. The van der Waals surface area contributed by atoms with Crippen molar-refractivity contribution >= 4 is 5.97 Å². The van der Waals surface area contributed by atoms with E-state index in [2.05, 4.69) is 4.74 Å². The van der Waals surface area contributed by atoms with E-state index >= 15 is 0 Å². The molecule has 72 valence electrons. The monoisotopic (exact) mass is 178 g/mol. The van der Waals surface area contributed by atoms with Gasteiger partial charge in [0.05, 0.1) is 7.11 Å². The van der Waals surface area contributed by atoms with Gasteiger partial charge in [0.1, 0.15) is 0 Å². The van der Waals surface area contributed by atoms with Crippen LogP contribution in [0.2, 0.25) is 0 Å². The molecule has 0 saturated carbocycles. The molecule has 1 unspecified atom stereocenters. The Balaban J connectivity index is 4.19. The molecule has 1 atom stereocenters. The molecule has 0 aromatic carbocycles. The molecule has 0 aromatic heterocycles. The Morgan fingerprint density at radius 1 is 1.00 bits per heavy atom. The van der Waals surface area contributed by atoms with Crippen molar-refractivity contribution in [2.45, 2.75) is 12.4 Å². The van der Waals surface area contributed by atoms with Crippen molar-refractivity contribution in [3.05, 3.63) is 0 Å². The lowest BCUT2D eigenvalue weighted by Gasteiger charge is -2.20. The minimum absolute atomic E-state index is 0.522. The summed E-state index contributed by atoms with van der Waals surface area (Å²) in [6, 6.07) is 0. The van der Waals surface area contributed by atoms with Gasteiger partial charge in [-0.1, -0.05) is 0 Å². The van der Waals surface area contributed by atoms with E-state index in [1.165, 1.54) is 28.4 Å². The van der Waals surface area contributed by atoms with Gasteiger partial charge in [0.25, 0.3) is 0 Å². The SMILES string of the molecule is COC(=O)C(OC)C(OC)OC. The maximum atomic E-state index is 11.0. The van der Waals surface area contributed by atoms with Crippen molar-refractivity contribution < 1.29 is 23.7 Å². The zero-order chi connectivity index (χ0) is 9.56. The number of methoxy groups -OCH3 is 4. The van der Waals surface area contributed by atoms with Gasteiger partial charge in [0.15, 0.2) is 6.29 Å². The van der Waals surface area contributed by atoms with Crippen LogP contribution in [0.3, 0.4) is 0 Å². The summed E-state index contributed by atoms with van der Waals surface area (Å²) in [5, 5.41) is 0. The maximum Gasteiger partial charge on any atom is 0.340 e. The maximum absolute atomic E-state index is 11.0. The van der Waals surface area contributed by atoms with Crippen LogP contribution in [0.1, 0.15) is 0 Å². The lowest BCUT2D eigenvalue weighted by atomic mass is 10.3. The van der Waals surface area contributed by atoms with Gasteiger partial charge in [-0.2, -0.15) is 0 Å². The second-order valence-electron chi connectivity index (χ2n) is 2.02. The van der Waals surface area contributed by atoms with Gasteiger partial charge in [0.2, 0.25) is 6.10 Å². The van der Waals surface area contributed by atoms with Crippen LogP contribution < -0.4 is 0 Å². The number of hydrogen-bond donors (Lipinski definition) is 0. The highest BCUT2D eigenvalue weighted by molar-refractivity contribution is 5.75. The number of esters is 1. The molecule has 0 aliphatic rings. The predicted molar refractivity (Wildman–Crippen MR) is 40.6 cm³/mol. The average Bonchev–Trinajstić information content (AvgIpc) is 2.12. The van der Waals surface area contributed by atoms with Crippen molar-refractivity contribution in [1.82, 2.24) is 0 Å². The van der Waals surface area contributed by atoms with Crippen LogP contribution in [0.5, 0.6) is 0 Å².